The first-order chi connectivity index (χ1) is 45.2. The highest BCUT2D eigenvalue weighted by molar-refractivity contribution is 6.07. The summed E-state index contributed by atoms with van der Waals surface area (Å²) in [4.78, 5) is 0. The van der Waals surface area contributed by atoms with Gasteiger partial charge in [0.05, 0.1) is 0 Å². The first kappa shape index (κ1) is 60.0. The monoisotopic (exact) mass is 1180 g/mol. The minimum Gasteiger partial charge on any atom is -0.0622 e. The average molecular weight is 1180 g/mol. The van der Waals surface area contributed by atoms with Gasteiger partial charge in [-0.2, -0.15) is 0 Å². The van der Waals surface area contributed by atoms with Crippen LogP contribution in [0.1, 0.15) is 72.2 Å². The van der Waals surface area contributed by atoms with E-state index in [1.54, 1.807) is 0 Å². The maximum absolute atomic E-state index is 2.29. The number of benzene rings is 16. The third-order valence-electron chi connectivity index (χ3n) is 18.6. The molecule has 0 spiro atoms. The summed E-state index contributed by atoms with van der Waals surface area (Å²) in [5.74, 6) is 0. The quantitative estimate of drug-likeness (QED) is 0.120. The normalized spacial score (nSPS) is 11.3. The van der Waals surface area contributed by atoms with E-state index in [1.165, 1.54) is 131 Å². The van der Waals surface area contributed by atoms with Crippen molar-refractivity contribution in [1.29, 1.82) is 0 Å². The standard InChI is InChI=1S/C28H22.C24H26.2C20H14/c1-3-11-21(12-4-1)19-27-23-15-7-9-17-25(23)28(20-22-13-5-2-6-14-22)26-18-10-8-16-24(26)27;1-23(2,19-11-7-5-8-12-19)21-15-17-22(18-16-21)24(3,4)20-13-9-6-10-14-20;1-3-11-17-15(7-1)9-5-13-19(17)20-14-6-10-16-8-2-4-12-18(16)20;1-3-7-17-13-19(11-9-15(17)5-1)20-12-10-16-6-2-4-8-18(16)14-20/h1-18H,19-20H2;5-18H,1-4H3;2*1-14H. The maximum atomic E-state index is 2.29. The molecule has 0 saturated heterocycles. The van der Waals surface area contributed by atoms with Crippen LogP contribution < -0.4 is 0 Å². The van der Waals surface area contributed by atoms with Gasteiger partial charge in [0.25, 0.3) is 0 Å². The van der Waals surface area contributed by atoms with Crippen LogP contribution in [0.5, 0.6) is 0 Å². The smallest absolute Gasteiger partial charge is 0.0146 e. The molecule has 0 radical (unpaired) electrons. The van der Waals surface area contributed by atoms with Gasteiger partial charge < -0.3 is 0 Å². The fraction of sp³-hybridized carbons (Fsp3) is 0.0870. The van der Waals surface area contributed by atoms with E-state index >= 15 is 0 Å². The van der Waals surface area contributed by atoms with Crippen molar-refractivity contribution in [1.82, 2.24) is 0 Å². The summed E-state index contributed by atoms with van der Waals surface area (Å²) in [7, 11) is 0. The lowest BCUT2D eigenvalue weighted by Crippen LogP contribution is -2.21. The molecule has 0 heteroatoms. The van der Waals surface area contributed by atoms with Crippen LogP contribution in [0.4, 0.5) is 0 Å². The van der Waals surface area contributed by atoms with Crippen molar-refractivity contribution in [3.05, 3.63) is 408 Å². The number of hydrogen-bond acceptors (Lipinski definition) is 0. The molecule has 0 aliphatic carbocycles. The molecule has 0 unspecified atom stereocenters. The van der Waals surface area contributed by atoms with Crippen molar-refractivity contribution < 1.29 is 0 Å². The summed E-state index contributed by atoms with van der Waals surface area (Å²) in [5, 5.41) is 15.8. The largest absolute Gasteiger partial charge is 0.0622 e. The molecule has 0 aliphatic rings. The van der Waals surface area contributed by atoms with E-state index < -0.39 is 0 Å². The molecule has 16 aromatic rings. The Morgan fingerprint density at radius 3 is 0.804 bits per heavy atom. The summed E-state index contributed by atoms with van der Waals surface area (Å²) in [6, 6.07) is 130. The average Bonchev–Trinajstić information content (AvgIpc) is 0.816. The predicted molar refractivity (Wildman–Crippen MR) is 397 cm³/mol. The summed E-state index contributed by atoms with van der Waals surface area (Å²) in [6.07, 6.45) is 1.90. The van der Waals surface area contributed by atoms with Gasteiger partial charge in [0, 0.05) is 10.8 Å². The van der Waals surface area contributed by atoms with Gasteiger partial charge in [0.1, 0.15) is 0 Å². The Bertz CT molecular complexity index is 4730. The zero-order chi connectivity index (χ0) is 62.7. The minimum atomic E-state index is 0.0106. The third kappa shape index (κ3) is 13.2. The van der Waals surface area contributed by atoms with Crippen LogP contribution in [-0.4, -0.2) is 0 Å². The Labute approximate surface area is 543 Å². The van der Waals surface area contributed by atoms with Gasteiger partial charge in [-0.3, -0.25) is 0 Å². The lowest BCUT2D eigenvalue weighted by Gasteiger charge is -2.29. The first-order valence-corrected chi connectivity index (χ1v) is 32.3. The zero-order valence-corrected chi connectivity index (χ0v) is 53.1. The first-order valence-electron chi connectivity index (χ1n) is 32.3. The molecule has 16 aromatic carbocycles. The number of hydrogen-bond donors (Lipinski definition) is 0. The fourth-order valence-corrected chi connectivity index (χ4v) is 13.3. The van der Waals surface area contributed by atoms with E-state index in [-0.39, 0.29) is 10.8 Å². The van der Waals surface area contributed by atoms with Crippen LogP contribution in [0, 0.1) is 0 Å². The summed E-state index contributed by atoms with van der Waals surface area (Å²) in [5.41, 5.74) is 16.1. The van der Waals surface area contributed by atoms with Crippen molar-refractivity contribution in [2.24, 2.45) is 0 Å². The van der Waals surface area contributed by atoms with E-state index in [0.717, 1.165) is 12.8 Å². The molecule has 0 N–H and O–H groups in total. The topological polar surface area (TPSA) is 0 Å². The molecule has 0 bridgehead atoms. The van der Waals surface area contributed by atoms with Crippen molar-refractivity contribution in [2.45, 2.75) is 51.4 Å². The van der Waals surface area contributed by atoms with Crippen molar-refractivity contribution in [3.63, 3.8) is 0 Å². The molecule has 92 heavy (non-hydrogen) atoms. The predicted octanol–water partition coefficient (Wildman–Crippen LogP) is 24.8. The van der Waals surface area contributed by atoms with Gasteiger partial charge in [-0.25, -0.2) is 0 Å². The molecule has 0 amide bonds. The highest BCUT2D eigenvalue weighted by Gasteiger charge is 2.26. The summed E-state index contributed by atoms with van der Waals surface area (Å²) < 4.78 is 0. The Morgan fingerprint density at radius 1 is 0.196 bits per heavy atom. The third-order valence-corrected chi connectivity index (χ3v) is 18.6. The van der Waals surface area contributed by atoms with E-state index in [1.807, 2.05) is 0 Å². The zero-order valence-electron chi connectivity index (χ0n) is 53.1. The lowest BCUT2D eigenvalue weighted by atomic mass is 9.75. The summed E-state index contributed by atoms with van der Waals surface area (Å²) >= 11 is 0. The van der Waals surface area contributed by atoms with Crippen LogP contribution >= 0.6 is 0 Å². The molecule has 0 aliphatic heterocycles. The second kappa shape index (κ2) is 27.4. The molecule has 16 rings (SSSR count). The van der Waals surface area contributed by atoms with Crippen LogP contribution in [0.2, 0.25) is 0 Å². The second-order valence-electron chi connectivity index (χ2n) is 25.1. The Balaban J connectivity index is 0.000000113. The molecule has 0 heterocycles. The molecule has 0 aromatic heterocycles. The Hall–Kier alpha value is -10.9. The van der Waals surface area contributed by atoms with Crippen molar-refractivity contribution in [3.8, 4) is 22.3 Å². The van der Waals surface area contributed by atoms with Gasteiger partial charge in [-0.1, -0.05) is 380 Å². The second-order valence-corrected chi connectivity index (χ2v) is 25.1. The number of fused-ring (bicyclic) bond motifs is 6. The van der Waals surface area contributed by atoms with Crippen molar-refractivity contribution in [2.75, 3.05) is 0 Å². The molecule has 0 nitrogen and oxygen atoms in total. The van der Waals surface area contributed by atoms with Crippen LogP contribution in [-0.2, 0) is 23.7 Å². The molecule has 0 atom stereocenters. The maximum Gasteiger partial charge on any atom is 0.0146 e. The Kier molecular flexibility index (Phi) is 17.9. The highest BCUT2D eigenvalue weighted by Crippen LogP contribution is 2.39. The molecule has 0 saturated carbocycles. The van der Waals surface area contributed by atoms with Crippen LogP contribution in [0.15, 0.2) is 364 Å². The number of rotatable bonds is 10. The minimum absolute atomic E-state index is 0.0106. The van der Waals surface area contributed by atoms with Crippen LogP contribution in [0.25, 0.3) is 86.9 Å². The lowest BCUT2D eigenvalue weighted by molar-refractivity contribution is 0.626. The van der Waals surface area contributed by atoms with E-state index in [9.17, 15) is 0 Å². The summed E-state index contributed by atoms with van der Waals surface area (Å²) in [6.45, 7) is 9.17. The molecule has 444 valence electrons. The fourth-order valence-electron chi connectivity index (χ4n) is 13.3. The van der Waals surface area contributed by atoms with Crippen LogP contribution in [0.3, 0.4) is 0 Å². The Morgan fingerprint density at radius 2 is 0.457 bits per heavy atom. The molecule has 0 fully saturated rings. The van der Waals surface area contributed by atoms with E-state index in [2.05, 4.69) is 392 Å². The molecular formula is C92H76. The van der Waals surface area contributed by atoms with E-state index in [4.69, 9.17) is 0 Å². The van der Waals surface area contributed by atoms with Gasteiger partial charge in [0.15, 0.2) is 0 Å². The van der Waals surface area contributed by atoms with E-state index in [0.29, 0.717) is 0 Å². The van der Waals surface area contributed by atoms with Gasteiger partial charge in [-0.15, -0.1) is 0 Å². The molecular weight excluding hydrogens is 1110 g/mol. The van der Waals surface area contributed by atoms with Gasteiger partial charge in [-0.05, 0) is 156 Å². The highest BCUT2D eigenvalue weighted by atomic mass is 14.3. The SMILES string of the molecule is CC(C)(c1ccccc1)c1ccc(C(C)(C)c2ccccc2)cc1.c1ccc(Cc2c3ccccc3c(Cc3ccccc3)c3ccccc23)cc1.c1ccc2c(-c3cccc4ccccc34)cccc2c1.c1ccc2cc(-c3ccc4ccccc4c3)ccc2c1. The van der Waals surface area contributed by atoms with Crippen molar-refractivity contribution >= 4 is 64.6 Å². The van der Waals surface area contributed by atoms with Gasteiger partial charge >= 0.3 is 0 Å². The van der Waals surface area contributed by atoms with Gasteiger partial charge in [0.2, 0.25) is 0 Å².